The molecule has 1 aliphatic heterocycles. The van der Waals surface area contributed by atoms with Gasteiger partial charge in [0.2, 0.25) is 5.82 Å². The Morgan fingerprint density at radius 2 is 1.83 bits per heavy atom. The van der Waals surface area contributed by atoms with Crippen LogP contribution in [0.3, 0.4) is 0 Å². The van der Waals surface area contributed by atoms with Gasteiger partial charge in [-0.05, 0) is 47.4 Å². The maximum absolute atomic E-state index is 6.36. The van der Waals surface area contributed by atoms with Crippen molar-refractivity contribution < 1.29 is 9.64 Å². The highest BCUT2D eigenvalue weighted by Crippen LogP contribution is 2.34. The lowest BCUT2D eigenvalue weighted by Gasteiger charge is -2.38. The summed E-state index contributed by atoms with van der Waals surface area (Å²) in [6, 6.07) is 5.47. The second kappa shape index (κ2) is 8.72. The molecule has 1 aromatic heterocycles. The summed E-state index contributed by atoms with van der Waals surface area (Å²) in [6.45, 7) is 14.4. The largest absolute Gasteiger partial charge is 0.370 e. The van der Waals surface area contributed by atoms with Crippen LogP contribution in [0.2, 0.25) is 10.0 Å². The van der Waals surface area contributed by atoms with Crippen molar-refractivity contribution in [3.8, 4) is 0 Å². The first-order valence-electron chi connectivity index (χ1n) is 9.95. The van der Waals surface area contributed by atoms with Crippen LogP contribution in [0.15, 0.2) is 24.3 Å². The number of halogens is 2. The molecule has 2 heterocycles. The third-order valence-corrected chi connectivity index (χ3v) is 6.17. The molecule has 6 nitrogen and oxygen atoms in total. The number of benzene rings is 1. The molecule has 0 amide bonds. The third-order valence-electron chi connectivity index (χ3n) is 5.60. The summed E-state index contributed by atoms with van der Waals surface area (Å²) in [5, 5.41) is 14.1. The molecular weight excluding hydrogens is 409 g/mol. The minimum Gasteiger partial charge on any atom is -0.370 e. The third kappa shape index (κ3) is 5.00. The molecule has 158 valence electrons. The predicted molar refractivity (Wildman–Crippen MR) is 116 cm³/mol. The van der Waals surface area contributed by atoms with E-state index in [1.807, 2.05) is 22.9 Å². The van der Waals surface area contributed by atoms with Gasteiger partial charge in [-0.25, -0.2) is 4.68 Å². The molecule has 1 fully saturated rings. The first kappa shape index (κ1) is 22.2. The molecule has 29 heavy (non-hydrogen) atoms. The Labute approximate surface area is 182 Å². The van der Waals surface area contributed by atoms with Crippen molar-refractivity contribution in [3.05, 3.63) is 45.7 Å². The van der Waals surface area contributed by atoms with Crippen LogP contribution < -0.4 is 4.90 Å². The smallest absolute Gasteiger partial charge is 0.212 e. The molecule has 0 radical (unpaired) electrons. The Balaban J connectivity index is 1.97. The average Bonchev–Trinajstić information content (AvgIpc) is 3.13. The molecule has 1 N–H and O–H groups in total. The summed E-state index contributed by atoms with van der Waals surface area (Å²) < 4.78 is 7.50. The number of rotatable bonds is 5. The van der Waals surface area contributed by atoms with E-state index in [2.05, 4.69) is 56.2 Å². The van der Waals surface area contributed by atoms with Crippen LogP contribution in [0.4, 0.5) is 0 Å². The van der Waals surface area contributed by atoms with Gasteiger partial charge in [0.1, 0.15) is 13.1 Å². The van der Waals surface area contributed by atoms with Crippen LogP contribution in [-0.2, 0) is 10.3 Å². The van der Waals surface area contributed by atoms with E-state index in [-0.39, 0.29) is 17.0 Å². The van der Waals surface area contributed by atoms with Crippen molar-refractivity contribution in [2.75, 3.05) is 26.3 Å². The van der Waals surface area contributed by atoms with Gasteiger partial charge < -0.3 is 9.64 Å². The van der Waals surface area contributed by atoms with Gasteiger partial charge in [0.15, 0.2) is 5.54 Å². The highest BCUT2D eigenvalue weighted by atomic mass is 35.5. The molecular formula is C21H30Cl2N5O+. The molecule has 1 aromatic carbocycles. The number of hydrogen-bond donors (Lipinski definition) is 1. The fraction of sp³-hybridized carbons (Fsp3) is 0.571. The van der Waals surface area contributed by atoms with Crippen LogP contribution in [0, 0.1) is 5.41 Å². The van der Waals surface area contributed by atoms with Crippen LogP contribution in [0.1, 0.15) is 52.0 Å². The zero-order chi connectivity index (χ0) is 21.2. The van der Waals surface area contributed by atoms with Crippen LogP contribution >= 0.6 is 23.2 Å². The monoisotopic (exact) mass is 438 g/mol. The van der Waals surface area contributed by atoms with E-state index in [0.717, 1.165) is 37.7 Å². The Hall–Kier alpha value is -1.47. The molecule has 0 spiro atoms. The van der Waals surface area contributed by atoms with Crippen molar-refractivity contribution in [3.63, 3.8) is 0 Å². The number of ether oxygens (including phenoxy) is 1. The quantitative estimate of drug-likeness (QED) is 0.776. The number of aromatic nitrogens is 4. The molecule has 2 aromatic rings. The highest BCUT2D eigenvalue weighted by molar-refractivity contribution is 6.35. The SMILES string of the molecule is CC(C)(C)[C@@H](C=Cc1ccc(Cl)cc1Cl)n1nnnc1C(C)(C)[NH+]1CCOCC1. The van der Waals surface area contributed by atoms with Gasteiger partial charge in [0.25, 0.3) is 0 Å². The maximum atomic E-state index is 6.36. The number of hydrogen-bond acceptors (Lipinski definition) is 4. The van der Waals surface area contributed by atoms with E-state index in [4.69, 9.17) is 27.9 Å². The fourth-order valence-electron chi connectivity index (χ4n) is 3.76. The summed E-state index contributed by atoms with van der Waals surface area (Å²) in [5.41, 5.74) is 0.580. The van der Waals surface area contributed by atoms with Crippen molar-refractivity contribution in [2.45, 2.75) is 46.2 Å². The van der Waals surface area contributed by atoms with Crippen molar-refractivity contribution in [1.29, 1.82) is 0 Å². The number of nitrogens with one attached hydrogen (secondary N) is 1. The van der Waals surface area contributed by atoms with E-state index in [1.54, 1.807) is 6.07 Å². The Kier molecular flexibility index (Phi) is 6.68. The number of morpholine rings is 1. The zero-order valence-corrected chi connectivity index (χ0v) is 19.3. The number of nitrogens with zero attached hydrogens (tertiary/aromatic N) is 4. The standard InChI is InChI=1S/C21H29Cl2N5O/c1-20(2,3)18(9-7-15-6-8-16(22)14-17(15)23)28-19(24-25-26-28)21(4,5)27-10-12-29-13-11-27/h6-9,14,18H,10-13H2,1-5H3/p+1/t18-/m1/s1. The van der Waals surface area contributed by atoms with Gasteiger partial charge in [-0.3, -0.25) is 0 Å². The molecule has 8 heteroatoms. The Morgan fingerprint density at radius 1 is 1.14 bits per heavy atom. The minimum absolute atomic E-state index is 0.0426. The topological polar surface area (TPSA) is 57.3 Å². The molecule has 0 aliphatic carbocycles. The van der Waals surface area contributed by atoms with E-state index in [0.29, 0.717) is 10.0 Å². The molecule has 1 aliphatic rings. The second-order valence-electron chi connectivity index (χ2n) is 9.12. The first-order valence-corrected chi connectivity index (χ1v) is 10.7. The van der Waals surface area contributed by atoms with E-state index >= 15 is 0 Å². The minimum atomic E-state index is -0.234. The summed E-state index contributed by atoms with van der Waals surface area (Å²) in [5.74, 6) is 0.876. The van der Waals surface area contributed by atoms with E-state index in [1.165, 1.54) is 4.90 Å². The molecule has 1 atom stereocenters. The van der Waals surface area contributed by atoms with Crippen LogP contribution in [0.25, 0.3) is 6.08 Å². The lowest BCUT2D eigenvalue weighted by atomic mass is 9.85. The summed E-state index contributed by atoms with van der Waals surface area (Å²) >= 11 is 12.4. The van der Waals surface area contributed by atoms with Gasteiger partial charge in [0.05, 0.1) is 19.3 Å². The predicted octanol–water partition coefficient (Wildman–Crippen LogP) is 3.43. The molecule has 0 saturated carbocycles. The normalized spacial score (nSPS) is 17.8. The number of quaternary nitrogens is 1. The van der Waals surface area contributed by atoms with Crippen molar-refractivity contribution >= 4 is 29.3 Å². The maximum Gasteiger partial charge on any atom is 0.212 e. The van der Waals surface area contributed by atoms with Crippen LogP contribution in [0.5, 0.6) is 0 Å². The zero-order valence-electron chi connectivity index (χ0n) is 17.7. The Bertz CT molecular complexity index is 866. The van der Waals surface area contributed by atoms with Crippen molar-refractivity contribution in [1.82, 2.24) is 20.2 Å². The lowest BCUT2D eigenvalue weighted by Crippen LogP contribution is -3.19. The van der Waals surface area contributed by atoms with Crippen molar-refractivity contribution in [2.24, 2.45) is 5.41 Å². The van der Waals surface area contributed by atoms with Gasteiger partial charge in [-0.1, -0.05) is 62.2 Å². The van der Waals surface area contributed by atoms with Crippen LogP contribution in [-0.4, -0.2) is 46.5 Å². The summed E-state index contributed by atoms with van der Waals surface area (Å²) in [4.78, 5) is 1.43. The molecule has 0 unspecified atom stereocenters. The van der Waals surface area contributed by atoms with Gasteiger partial charge in [-0.2, -0.15) is 0 Å². The van der Waals surface area contributed by atoms with Gasteiger partial charge in [0, 0.05) is 10.0 Å². The fourth-order valence-corrected chi connectivity index (χ4v) is 4.23. The van der Waals surface area contributed by atoms with E-state index in [9.17, 15) is 0 Å². The average molecular weight is 439 g/mol. The summed E-state index contributed by atoms with van der Waals surface area (Å²) in [6.07, 6.45) is 4.15. The van der Waals surface area contributed by atoms with Gasteiger partial charge >= 0.3 is 0 Å². The molecule has 0 bridgehead atoms. The number of allylic oxidation sites excluding steroid dienone is 1. The number of tetrazole rings is 1. The van der Waals surface area contributed by atoms with Gasteiger partial charge in [-0.15, -0.1) is 5.10 Å². The molecule has 3 rings (SSSR count). The summed E-state index contributed by atoms with van der Waals surface area (Å²) in [7, 11) is 0. The Morgan fingerprint density at radius 3 is 2.45 bits per heavy atom. The molecule has 1 saturated heterocycles. The first-order chi connectivity index (χ1) is 13.6. The highest BCUT2D eigenvalue weighted by Gasteiger charge is 2.41. The second-order valence-corrected chi connectivity index (χ2v) is 9.97. The van der Waals surface area contributed by atoms with E-state index < -0.39 is 0 Å². The lowest BCUT2D eigenvalue weighted by molar-refractivity contribution is -0.964.